The van der Waals surface area contributed by atoms with Gasteiger partial charge in [0.1, 0.15) is 18.5 Å². The third kappa shape index (κ3) is 6.15. The Hall–Kier alpha value is -3.30. The molecule has 2 aromatic heterocycles. The molecule has 3 aromatic carbocycles. The van der Waals surface area contributed by atoms with Crippen molar-refractivity contribution in [2.75, 3.05) is 13.2 Å². The summed E-state index contributed by atoms with van der Waals surface area (Å²) < 4.78 is 33.7. The predicted molar refractivity (Wildman–Crippen MR) is 159 cm³/mol. The second kappa shape index (κ2) is 11.4. The number of benzene rings is 3. The number of para-hydroxylation sites is 1. The number of aliphatic hydroxyl groups is 1. The summed E-state index contributed by atoms with van der Waals surface area (Å²) in [6, 6.07) is 22.0. The highest BCUT2D eigenvalue weighted by Crippen LogP contribution is 2.29. The molecule has 0 aliphatic carbocycles. The minimum Gasteiger partial charge on any atom is -0.490 e. The zero-order chi connectivity index (χ0) is 26.9. The minimum atomic E-state index is -3.75. The highest BCUT2D eigenvalue weighted by atomic mass is 35.5. The Morgan fingerprint density at radius 1 is 1.00 bits per heavy atom. The van der Waals surface area contributed by atoms with E-state index in [1.165, 1.54) is 21.1 Å². The second-order valence-electron chi connectivity index (χ2n) is 10.4. The van der Waals surface area contributed by atoms with Gasteiger partial charge in [-0.2, -0.15) is 0 Å². The fourth-order valence-electron chi connectivity index (χ4n) is 4.73. The van der Waals surface area contributed by atoms with Crippen LogP contribution in [0.5, 0.6) is 5.75 Å². The first-order chi connectivity index (χ1) is 18.1. The molecule has 3 N–H and O–H groups in total. The van der Waals surface area contributed by atoms with Gasteiger partial charge in [-0.3, -0.25) is 0 Å². The van der Waals surface area contributed by atoms with E-state index in [9.17, 15) is 13.5 Å². The summed E-state index contributed by atoms with van der Waals surface area (Å²) in [6.07, 6.45) is 3.63. The number of ether oxygens (including phenoxy) is 1. The van der Waals surface area contributed by atoms with Crippen LogP contribution in [0.25, 0.3) is 21.8 Å². The number of nitrogens with one attached hydrogen (secondary N) is 2. The maximum Gasteiger partial charge on any atom is 0.268 e. The van der Waals surface area contributed by atoms with Crippen LogP contribution in [0, 0.1) is 6.92 Å². The quantitative estimate of drug-likeness (QED) is 0.209. The smallest absolute Gasteiger partial charge is 0.268 e. The topological polar surface area (TPSA) is 96.3 Å². The van der Waals surface area contributed by atoms with E-state index < -0.39 is 16.1 Å². The van der Waals surface area contributed by atoms with Gasteiger partial charge in [-0.1, -0.05) is 42.0 Å². The Morgan fingerprint density at radius 2 is 1.74 bits per heavy atom. The molecule has 0 radical (unpaired) electrons. The van der Waals surface area contributed by atoms with Crippen molar-refractivity contribution in [3.05, 3.63) is 96.3 Å². The van der Waals surface area contributed by atoms with Crippen LogP contribution in [-0.2, 0) is 16.4 Å². The standard InChI is InChI=1S/C30H33N3O4S.ClH/c1-21-11-13-24(14-12-21)38(35,36)33-16-15-26-28(33)9-6-10-29(26)37-20-23(34)19-32-30(2,3)17-22-18-31-27-8-5-4-7-25(22)27;/h4-16,18,23,31-32,34H,17,19-20H2,1-3H3;1H. The molecule has 0 fully saturated rings. The summed E-state index contributed by atoms with van der Waals surface area (Å²) in [5, 5.41) is 16.0. The predicted octanol–water partition coefficient (Wildman–Crippen LogP) is 5.44. The van der Waals surface area contributed by atoms with E-state index in [2.05, 4.69) is 36.3 Å². The fourth-order valence-corrected chi connectivity index (χ4v) is 6.08. The van der Waals surface area contributed by atoms with Crippen LogP contribution in [-0.4, -0.2) is 47.3 Å². The molecule has 7 nitrogen and oxygen atoms in total. The van der Waals surface area contributed by atoms with Crippen LogP contribution >= 0.6 is 12.4 Å². The number of aliphatic hydroxyl groups excluding tert-OH is 1. The lowest BCUT2D eigenvalue weighted by Gasteiger charge is -2.28. The molecule has 39 heavy (non-hydrogen) atoms. The van der Waals surface area contributed by atoms with E-state index in [4.69, 9.17) is 4.74 Å². The molecule has 0 aliphatic rings. The molecule has 0 amide bonds. The van der Waals surface area contributed by atoms with Crippen molar-refractivity contribution in [3.63, 3.8) is 0 Å². The third-order valence-corrected chi connectivity index (χ3v) is 8.49. The number of rotatable bonds is 10. The first-order valence-electron chi connectivity index (χ1n) is 12.7. The number of halogens is 1. The van der Waals surface area contributed by atoms with Crippen LogP contribution in [0.3, 0.4) is 0 Å². The van der Waals surface area contributed by atoms with E-state index in [1.54, 1.807) is 48.5 Å². The SMILES string of the molecule is Cc1ccc(S(=O)(=O)n2ccc3c(OCC(O)CNC(C)(C)Cc4c[nH]c5ccccc45)cccc32)cc1.Cl. The van der Waals surface area contributed by atoms with Crippen molar-refractivity contribution >= 4 is 44.2 Å². The van der Waals surface area contributed by atoms with E-state index in [-0.39, 0.29) is 29.4 Å². The maximum atomic E-state index is 13.2. The van der Waals surface area contributed by atoms with Gasteiger partial charge in [0.15, 0.2) is 0 Å². The van der Waals surface area contributed by atoms with E-state index in [1.807, 2.05) is 25.3 Å². The average molecular weight is 568 g/mol. The Bertz CT molecular complexity index is 1670. The minimum absolute atomic E-state index is 0. The number of nitrogens with zero attached hydrogens (tertiary/aromatic N) is 1. The lowest BCUT2D eigenvalue weighted by atomic mass is 9.94. The van der Waals surface area contributed by atoms with Gasteiger partial charge in [0.2, 0.25) is 0 Å². The van der Waals surface area contributed by atoms with Gasteiger partial charge >= 0.3 is 0 Å². The monoisotopic (exact) mass is 567 g/mol. The van der Waals surface area contributed by atoms with E-state index >= 15 is 0 Å². The lowest BCUT2D eigenvalue weighted by Crippen LogP contribution is -2.46. The molecule has 1 unspecified atom stereocenters. The van der Waals surface area contributed by atoms with Crippen molar-refractivity contribution in [2.45, 2.75) is 43.7 Å². The number of aromatic nitrogens is 2. The van der Waals surface area contributed by atoms with Crippen LogP contribution in [0.1, 0.15) is 25.0 Å². The van der Waals surface area contributed by atoms with Crippen molar-refractivity contribution in [3.8, 4) is 5.75 Å². The second-order valence-corrected chi connectivity index (χ2v) is 12.2. The lowest BCUT2D eigenvalue weighted by molar-refractivity contribution is 0.0996. The first kappa shape index (κ1) is 28.7. The first-order valence-corrected chi connectivity index (χ1v) is 14.1. The average Bonchev–Trinajstić information content (AvgIpc) is 3.52. The molecule has 1 atom stereocenters. The fraction of sp³-hybridized carbons (Fsp3) is 0.267. The Kier molecular flexibility index (Phi) is 8.42. The van der Waals surface area contributed by atoms with Crippen molar-refractivity contribution in [1.82, 2.24) is 14.3 Å². The molecular weight excluding hydrogens is 534 g/mol. The zero-order valence-electron chi connectivity index (χ0n) is 22.2. The summed E-state index contributed by atoms with van der Waals surface area (Å²) in [5.74, 6) is 0.525. The highest BCUT2D eigenvalue weighted by Gasteiger charge is 2.22. The number of hydrogen-bond donors (Lipinski definition) is 3. The molecule has 0 spiro atoms. The summed E-state index contributed by atoms with van der Waals surface area (Å²) in [7, 11) is -3.75. The number of aryl methyl sites for hydroxylation is 1. The number of β-amino-alcohol motifs (C(OH)–C–C–N with tert-alkyl or cyclic N) is 1. The van der Waals surface area contributed by atoms with Gasteiger partial charge in [0, 0.05) is 40.8 Å². The van der Waals surface area contributed by atoms with Crippen LogP contribution in [0.2, 0.25) is 0 Å². The highest BCUT2D eigenvalue weighted by molar-refractivity contribution is 7.90. The summed E-state index contributed by atoms with van der Waals surface area (Å²) >= 11 is 0. The Balaban J connectivity index is 0.00000353. The molecule has 206 valence electrons. The molecule has 5 rings (SSSR count). The van der Waals surface area contributed by atoms with Gasteiger partial charge in [-0.25, -0.2) is 12.4 Å². The molecule has 0 bridgehead atoms. The van der Waals surface area contributed by atoms with Crippen LogP contribution < -0.4 is 10.1 Å². The Morgan fingerprint density at radius 3 is 2.51 bits per heavy atom. The molecule has 0 saturated heterocycles. The molecular formula is C30H34ClN3O4S. The summed E-state index contributed by atoms with van der Waals surface area (Å²) in [6.45, 7) is 6.57. The van der Waals surface area contributed by atoms with Crippen molar-refractivity contribution in [2.24, 2.45) is 0 Å². The van der Waals surface area contributed by atoms with Gasteiger partial charge in [-0.05, 0) is 69.2 Å². The van der Waals surface area contributed by atoms with Crippen molar-refractivity contribution < 1.29 is 18.3 Å². The molecule has 0 aliphatic heterocycles. The number of H-pyrrole nitrogens is 1. The van der Waals surface area contributed by atoms with E-state index in [0.717, 1.165) is 17.5 Å². The number of aromatic amines is 1. The summed E-state index contributed by atoms with van der Waals surface area (Å²) in [5.41, 5.74) is 3.61. The summed E-state index contributed by atoms with van der Waals surface area (Å²) in [4.78, 5) is 3.54. The largest absolute Gasteiger partial charge is 0.490 e. The Labute approximate surface area is 235 Å². The normalized spacial score (nSPS) is 12.9. The maximum absolute atomic E-state index is 13.2. The molecule has 0 saturated carbocycles. The third-order valence-electron chi connectivity index (χ3n) is 6.79. The van der Waals surface area contributed by atoms with Crippen molar-refractivity contribution in [1.29, 1.82) is 0 Å². The van der Waals surface area contributed by atoms with Crippen LogP contribution in [0.15, 0.2) is 90.1 Å². The van der Waals surface area contributed by atoms with Gasteiger partial charge in [-0.15, -0.1) is 12.4 Å². The van der Waals surface area contributed by atoms with Gasteiger partial charge in [0.05, 0.1) is 10.4 Å². The molecule has 5 aromatic rings. The molecule has 9 heteroatoms. The molecule has 2 heterocycles. The zero-order valence-corrected chi connectivity index (χ0v) is 23.9. The van der Waals surface area contributed by atoms with Gasteiger partial charge < -0.3 is 20.1 Å². The van der Waals surface area contributed by atoms with E-state index in [0.29, 0.717) is 23.2 Å². The number of hydrogen-bond acceptors (Lipinski definition) is 5. The van der Waals surface area contributed by atoms with Crippen LogP contribution in [0.4, 0.5) is 0 Å². The van der Waals surface area contributed by atoms with Gasteiger partial charge in [0.25, 0.3) is 10.0 Å². The number of fused-ring (bicyclic) bond motifs is 2.